The number of phenolic OH excluding ortho intramolecular Hbond substituents is 1. The number of carbonyl (C=O) groups excluding carboxylic acids is 1. The molecule has 4 aromatic rings. The minimum absolute atomic E-state index is 0.00318. The number of benzene rings is 2. The maximum absolute atomic E-state index is 16.9. The van der Waals surface area contributed by atoms with Crippen LogP contribution in [-0.4, -0.2) is 108 Å². The monoisotopic (exact) mass is 698 g/mol. The van der Waals surface area contributed by atoms with E-state index >= 15 is 4.39 Å². The van der Waals surface area contributed by atoms with E-state index < -0.39 is 11.6 Å². The SMILES string of the molecule is C#Cc1c(F)ccc2cc(O)cc(-c3ncc4c(N5CCCOCC5)nc(OC[C@]56CCC[C@H]5N(C5CN(C(=O)OC)C5)CCC6)nc4c3F)c12. The van der Waals surface area contributed by atoms with Crippen LogP contribution in [0.4, 0.5) is 19.4 Å². The summed E-state index contributed by atoms with van der Waals surface area (Å²) in [6.07, 6.45) is 12.8. The zero-order chi connectivity index (χ0) is 35.3. The summed E-state index contributed by atoms with van der Waals surface area (Å²) in [5, 5.41) is 11.7. The Labute approximate surface area is 294 Å². The molecule has 1 aliphatic carbocycles. The van der Waals surface area contributed by atoms with Crippen molar-refractivity contribution in [2.24, 2.45) is 5.41 Å². The molecule has 3 saturated heterocycles. The van der Waals surface area contributed by atoms with Crippen molar-refractivity contribution in [1.29, 1.82) is 0 Å². The number of piperidine rings is 1. The predicted molar refractivity (Wildman–Crippen MR) is 187 cm³/mol. The quantitative estimate of drug-likeness (QED) is 0.259. The van der Waals surface area contributed by atoms with Crippen molar-refractivity contribution < 1.29 is 32.9 Å². The number of aromatic nitrogens is 3. The minimum Gasteiger partial charge on any atom is -0.508 e. The number of rotatable bonds is 6. The molecule has 2 aromatic carbocycles. The van der Waals surface area contributed by atoms with Gasteiger partial charge in [-0.3, -0.25) is 9.88 Å². The number of phenols is 1. The van der Waals surface area contributed by atoms with E-state index in [2.05, 4.69) is 20.8 Å². The van der Waals surface area contributed by atoms with E-state index in [4.69, 9.17) is 25.6 Å². The van der Waals surface area contributed by atoms with E-state index in [1.54, 1.807) is 4.90 Å². The standard InChI is InChI=1S/C38H40F2N6O5/c1-3-26-29(39)9-8-23-17-25(47)18-27(31(23)26)33-32(40)34-28(19-41-33)35(44-12-6-15-50-16-14-44)43-36(42-34)51-22-38-10-4-7-30(38)46(13-5-11-38)24-20-45(21-24)37(48)49-2/h1,8-9,17-19,24,30,47H,4-7,10-16,20-22H2,2H3/t30-,38-/m1/s1. The van der Waals surface area contributed by atoms with Crippen LogP contribution in [0.15, 0.2) is 30.5 Å². The second-order valence-electron chi connectivity index (χ2n) is 14.1. The van der Waals surface area contributed by atoms with Gasteiger partial charge in [-0.1, -0.05) is 18.4 Å². The number of terminal acetylenes is 1. The Balaban J connectivity index is 1.17. The van der Waals surface area contributed by atoms with Gasteiger partial charge in [-0.05, 0) is 62.2 Å². The van der Waals surface area contributed by atoms with Crippen LogP contribution in [0.5, 0.6) is 11.8 Å². The molecular formula is C38H40F2N6O5. The number of fused-ring (bicyclic) bond motifs is 3. The van der Waals surface area contributed by atoms with Crippen molar-refractivity contribution >= 4 is 33.6 Å². The summed E-state index contributed by atoms with van der Waals surface area (Å²) in [4.78, 5) is 32.4. The van der Waals surface area contributed by atoms with Crippen LogP contribution in [0.25, 0.3) is 32.9 Å². The fourth-order valence-electron chi connectivity index (χ4n) is 8.75. The van der Waals surface area contributed by atoms with Crippen LogP contribution in [-0.2, 0) is 9.47 Å². The Morgan fingerprint density at radius 3 is 2.78 bits per heavy atom. The van der Waals surface area contributed by atoms with Crippen LogP contribution in [0.1, 0.15) is 44.1 Å². The lowest BCUT2D eigenvalue weighted by Gasteiger charge is -2.53. The van der Waals surface area contributed by atoms with Crippen molar-refractivity contribution in [3.63, 3.8) is 0 Å². The maximum atomic E-state index is 16.9. The minimum atomic E-state index is -0.757. The maximum Gasteiger partial charge on any atom is 0.409 e. The number of methoxy groups -OCH3 is 1. The highest BCUT2D eigenvalue weighted by Crippen LogP contribution is 2.49. The number of ether oxygens (including phenoxy) is 3. The van der Waals surface area contributed by atoms with E-state index in [1.807, 2.05) is 4.90 Å². The molecule has 0 unspecified atom stereocenters. The van der Waals surface area contributed by atoms with Gasteiger partial charge in [0.05, 0.1) is 31.3 Å². The summed E-state index contributed by atoms with van der Waals surface area (Å²) >= 11 is 0. The van der Waals surface area contributed by atoms with E-state index in [-0.39, 0.29) is 63.1 Å². The molecule has 5 heterocycles. The van der Waals surface area contributed by atoms with Gasteiger partial charge >= 0.3 is 12.1 Å². The molecular weight excluding hydrogens is 658 g/mol. The van der Waals surface area contributed by atoms with Crippen molar-refractivity contribution in [2.45, 2.75) is 50.6 Å². The first-order valence-electron chi connectivity index (χ1n) is 17.6. The summed E-state index contributed by atoms with van der Waals surface area (Å²) < 4.78 is 49.0. The Morgan fingerprint density at radius 2 is 1.96 bits per heavy atom. The molecule has 4 fully saturated rings. The van der Waals surface area contributed by atoms with E-state index in [9.17, 15) is 14.3 Å². The average molecular weight is 699 g/mol. The third-order valence-corrected chi connectivity index (χ3v) is 11.2. The highest BCUT2D eigenvalue weighted by Gasteiger charge is 2.52. The molecule has 1 amide bonds. The highest BCUT2D eigenvalue weighted by atomic mass is 19.1. The number of halogens is 2. The van der Waals surface area contributed by atoms with Crippen molar-refractivity contribution in [3.8, 4) is 35.4 Å². The fourth-order valence-corrected chi connectivity index (χ4v) is 8.75. The van der Waals surface area contributed by atoms with Gasteiger partial charge in [0.15, 0.2) is 5.82 Å². The predicted octanol–water partition coefficient (Wildman–Crippen LogP) is 5.50. The Hall–Kier alpha value is -4.80. The van der Waals surface area contributed by atoms with Crippen molar-refractivity contribution in [2.75, 3.05) is 64.6 Å². The lowest BCUT2D eigenvalue weighted by atomic mass is 9.74. The number of carbonyl (C=O) groups is 1. The lowest BCUT2D eigenvalue weighted by molar-refractivity contribution is -0.0602. The number of hydrogen-bond donors (Lipinski definition) is 1. The molecule has 0 spiro atoms. The number of aromatic hydroxyl groups is 1. The van der Waals surface area contributed by atoms with Gasteiger partial charge in [0.2, 0.25) is 0 Å². The van der Waals surface area contributed by atoms with E-state index in [1.165, 1.54) is 37.6 Å². The van der Waals surface area contributed by atoms with Gasteiger partial charge in [-0.25, -0.2) is 13.6 Å². The van der Waals surface area contributed by atoms with Crippen LogP contribution in [0, 0.1) is 29.4 Å². The second-order valence-corrected chi connectivity index (χ2v) is 14.1. The smallest absolute Gasteiger partial charge is 0.409 e. The number of amides is 1. The second kappa shape index (κ2) is 13.4. The number of hydrogen-bond acceptors (Lipinski definition) is 10. The molecule has 8 rings (SSSR count). The number of likely N-dealkylation sites (tertiary alicyclic amines) is 2. The van der Waals surface area contributed by atoms with Crippen LogP contribution < -0.4 is 9.64 Å². The zero-order valence-electron chi connectivity index (χ0n) is 28.5. The van der Waals surface area contributed by atoms with Crippen LogP contribution in [0.3, 0.4) is 0 Å². The largest absolute Gasteiger partial charge is 0.508 e. The molecule has 4 aliphatic rings. The van der Waals surface area contributed by atoms with Gasteiger partial charge in [-0.2, -0.15) is 9.97 Å². The Kier molecular flexibility index (Phi) is 8.76. The molecule has 1 saturated carbocycles. The fraction of sp³-hybridized carbons (Fsp3) is 0.474. The third-order valence-electron chi connectivity index (χ3n) is 11.2. The Morgan fingerprint density at radius 1 is 1.12 bits per heavy atom. The Bertz CT molecular complexity index is 2040. The molecule has 3 aliphatic heterocycles. The summed E-state index contributed by atoms with van der Waals surface area (Å²) in [6, 6.07) is 6.13. The zero-order valence-corrected chi connectivity index (χ0v) is 28.5. The summed E-state index contributed by atoms with van der Waals surface area (Å²) in [5.74, 6) is 1.35. The third kappa shape index (κ3) is 5.84. The van der Waals surface area contributed by atoms with Gasteiger partial charge < -0.3 is 29.1 Å². The molecule has 1 N–H and O–H groups in total. The van der Waals surface area contributed by atoms with E-state index in [0.29, 0.717) is 62.6 Å². The first kappa shape index (κ1) is 33.3. The average Bonchev–Trinajstić information content (AvgIpc) is 3.37. The summed E-state index contributed by atoms with van der Waals surface area (Å²) in [6.45, 7) is 4.92. The van der Waals surface area contributed by atoms with Gasteiger partial charge in [0, 0.05) is 67.4 Å². The molecule has 266 valence electrons. The summed E-state index contributed by atoms with van der Waals surface area (Å²) in [5.41, 5.74) is -0.147. The van der Waals surface area contributed by atoms with Crippen molar-refractivity contribution in [3.05, 3.63) is 47.7 Å². The molecule has 13 heteroatoms. The molecule has 0 bridgehead atoms. The first-order valence-corrected chi connectivity index (χ1v) is 17.6. The van der Waals surface area contributed by atoms with Gasteiger partial charge in [-0.15, -0.1) is 6.42 Å². The van der Waals surface area contributed by atoms with Crippen LogP contribution >= 0.6 is 0 Å². The molecule has 51 heavy (non-hydrogen) atoms. The number of anilines is 1. The topological polar surface area (TPSA) is 113 Å². The van der Waals surface area contributed by atoms with Crippen LogP contribution in [0.2, 0.25) is 0 Å². The van der Waals surface area contributed by atoms with Gasteiger partial charge in [0.25, 0.3) is 0 Å². The van der Waals surface area contributed by atoms with Crippen molar-refractivity contribution in [1.82, 2.24) is 24.8 Å². The molecule has 11 nitrogen and oxygen atoms in total. The number of pyridine rings is 1. The highest BCUT2D eigenvalue weighted by molar-refractivity contribution is 6.03. The van der Waals surface area contributed by atoms with Gasteiger partial charge in [0.1, 0.15) is 28.6 Å². The lowest BCUT2D eigenvalue weighted by Crippen LogP contribution is -2.66. The molecule has 0 radical (unpaired) electrons. The molecule has 2 atom stereocenters. The first-order chi connectivity index (χ1) is 24.8. The van der Waals surface area contributed by atoms with E-state index in [0.717, 1.165) is 45.1 Å². The summed E-state index contributed by atoms with van der Waals surface area (Å²) in [7, 11) is 1.41. The molecule has 2 aromatic heterocycles. The number of nitrogens with zero attached hydrogens (tertiary/aromatic N) is 6. The normalized spacial score (nSPS) is 22.7.